The van der Waals surface area contributed by atoms with Crippen molar-refractivity contribution in [1.82, 2.24) is 0 Å². The molecule has 5 heteroatoms. The normalized spacial score (nSPS) is 10.3. The fourth-order valence-electron chi connectivity index (χ4n) is 2.04. The molecular formula is C15H13Cl2NO2. The zero-order valence-corrected chi connectivity index (χ0v) is 12.3. The molecule has 2 rings (SSSR count). The molecule has 0 bridgehead atoms. The number of rotatable bonds is 4. The van der Waals surface area contributed by atoms with Crippen LogP contribution in [0.25, 0.3) is 0 Å². The molecule has 0 spiro atoms. The van der Waals surface area contributed by atoms with Crippen molar-refractivity contribution in [2.75, 3.05) is 11.9 Å². The molecule has 2 aromatic rings. The van der Waals surface area contributed by atoms with Crippen LogP contribution in [-0.2, 0) is 6.54 Å². The van der Waals surface area contributed by atoms with Crippen molar-refractivity contribution >= 4 is 34.9 Å². The summed E-state index contributed by atoms with van der Waals surface area (Å²) in [7, 11) is 1.82. The molecule has 0 atom stereocenters. The van der Waals surface area contributed by atoms with E-state index in [9.17, 15) is 9.90 Å². The number of nitrogens with zero attached hydrogens (tertiary/aromatic N) is 1. The summed E-state index contributed by atoms with van der Waals surface area (Å²) in [6.45, 7) is 0.543. The summed E-state index contributed by atoms with van der Waals surface area (Å²) in [6, 6.07) is 12.5. The first-order chi connectivity index (χ1) is 9.49. The van der Waals surface area contributed by atoms with Crippen LogP contribution in [0.4, 0.5) is 5.69 Å². The van der Waals surface area contributed by atoms with Crippen LogP contribution in [0.1, 0.15) is 15.9 Å². The minimum atomic E-state index is -1.04. The molecule has 0 saturated heterocycles. The zero-order chi connectivity index (χ0) is 14.7. The van der Waals surface area contributed by atoms with Crippen LogP contribution in [0.2, 0.25) is 10.0 Å². The Hall–Kier alpha value is -1.71. The topological polar surface area (TPSA) is 40.5 Å². The number of aromatic carboxylic acids is 1. The second-order valence-corrected chi connectivity index (χ2v) is 5.27. The largest absolute Gasteiger partial charge is 0.478 e. The molecule has 0 radical (unpaired) electrons. The van der Waals surface area contributed by atoms with Gasteiger partial charge in [0.25, 0.3) is 0 Å². The number of carboxylic acids is 1. The minimum Gasteiger partial charge on any atom is -0.478 e. The van der Waals surface area contributed by atoms with Crippen molar-refractivity contribution in [2.24, 2.45) is 0 Å². The maximum atomic E-state index is 11.3. The zero-order valence-electron chi connectivity index (χ0n) is 10.8. The Balaban J connectivity index is 2.32. The molecule has 2 aromatic carbocycles. The first kappa shape index (κ1) is 14.7. The summed E-state index contributed by atoms with van der Waals surface area (Å²) in [5, 5.41) is 10.2. The number of carbonyl (C=O) groups is 1. The fourth-order valence-corrected chi connectivity index (χ4v) is 2.50. The molecular weight excluding hydrogens is 297 g/mol. The Bertz CT molecular complexity index is 644. The molecule has 0 aliphatic heterocycles. The maximum absolute atomic E-state index is 11.3. The van der Waals surface area contributed by atoms with E-state index in [0.29, 0.717) is 17.3 Å². The molecule has 0 amide bonds. The van der Waals surface area contributed by atoms with E-state index in [1.54, 1.807) is 24.3 Å². The minimum absolute atomic E-state index is 0.110. The summed E-state index contributed by atoms with van der Waals surface area (Å²) in [4.78, 5) is 13.2. The molecule has 20 heavy (non-hydrogen) atoms. The van der Waals surface area contributed by atoms with Crippen LogP contribution >= 0.6 is 23.2 Å². The van der Waals surface area contributed by atoms with Crippen molar-refractivity contribution in [3.05, 3.63) is 63.6 Å². The Labute approximate surface area is 127 Å². The summed E-state index contributed by atoms with van der Waals surface area (Å²) in [5.74, 6) is -1.04. The molecule has 0 saturated carbocycles. The lowest BCUT2D eigenvalue weighted by Gasteiger charge is -2.22. The van der Waals surface area contributed by atoms with Crippen LogP contribution in [0.3, 0.4) is 0 Å². The molecule has 0 fully saturated rings. The van der Waals surface area contributed by atoms with E-state index < -0.39 is 5.97 Å². The number of halogens is 2. The third kappa shape index (κ3) is 3.24. The van der Waals surface area contributed by atoms with Crippen LogP contribution < -0.4 is 4.90 Å². The van der Waals surface area contributed by atoms with Gasteiger partial charge in [0.15, 0.2) is 0 Å². The fraction of sp³-hybridized carbons (Fsp3) is 0.133. The molecule has 0 unspecified atom stereocenters. The van der Waals surface area contributed by atoms with Crippen molar-refractivity contribution in [3.63, 3.8) is 0 Å². The highest BCUT2D eigenvalue weighted by Crippen LogP contribution is 2.28. The van der Waals surface area contributed by atoms with Crippen LogP contribution in [0.15, 0.2) is 42.5 Å². The first-order valence-corrected chi connectivity index (χ1v) is 6.72. The Morgan fingerprint density at radius 2 is 1.90 bits per heavy atom. The number of hydrogen-bond acceptors (Lipinski definition) is 2. The van der Waals surface area contributed by atoms with E-state index in [1.807, 2.05) is 30.1 Å². The van der Waals surface area contributed by atoms with Gasteiger partial charge in [-0.1, -0.05) is 41.4 Å². The molecule has 3 nitrogen and oxygen atoms in total. The average molecular weight is 310 g/mol. The Morgan fingerprint density at radius 3 is 2.55 bits per heavy atom. The lowest BCUT2D eigenvalue weighted by Crippen LogP contribution is -2.19. The van der Waals surface area contributed by atoms with Gasteiger partial charge in [-0.3, -0.25) is 0 Å². The quantitative estimate of drug-likeness (QED) is 0.914. The van der Waals surface area contributed by atoms with Gasteiger partial charge in [-0.05, 0) is 29.8 Å². The highest BCUT2D eigenvalue weighted by Gasteiger charge is 2.17. The molecule has 0 aliphatic carbocycles. The average Bonchev–Trinajstić information content (AvgIpc) is 2.37. The SMILES string of the molecule is CN(Cc1cccc(Cl)c1)c1cccc(Cl)c1C(=O)O. The van der Waals surface area contributed by atoms with Gasteiger partial charge in [0.05, 0.1) is 10.7 Å². The van der Waals surface area contributed by atoms with Crippen molar-refractivity contribution < 1.29 is 9.90 Å². The molecule has 1 N–H and O–H groups in total. The number of carboxylic acid groups (broad SMARTS) is 1. The lowest BCUT2D eigenvalue weighted by molar-refractivity contribution is 0.0697. The lowest BCUT2D eigenvalue weighted by atomic mass is 10.1. The third-order valence-corrected chi connectivity index (χ3v) is 3.48. The van der Waals surface area contributed by atoms with Gasteiger partial charge in [-0.15, -0.1) is 0 Å². The highest BCUT2D eigenvalue weighted by molar-refractivity contribution is 6.34. The van der Waals surface area contributed by atoms with Gasteiger partial charge in [0, 0.05) is 18.6 Å². The van der Waals surface area contributed by atoms with E-state index >= 15 is 0 Å². The summed E-state index contributed by atoms with van der Waals surface area (Å²) >= 11 is 11.9. The third-order valence-electron chi connectivity index (χ3n) is 2.93. The van der Waals surface area contributed by atoms with E-state index in [4.69, 9.17) is 23.2 Å². The summed E-state index contributed by atoms with van der Waals surface area (Å²) in [6.07, 6.45) is 0. The number of benzene rings is 2. The van der Waals surface area contributed by atoms with Gasteiger partial charge in [0.1, 0.15) is 5.56 Å². The molecule has 0 aromatic heterocycles. The van der Waals surface area contributed by atoms with Crippen molar-refractivity contribution in [1.29, 1.82) is 0 Å². The van der Waals surface area contributed by atoms with Gasteiger partial charge in [-0.25, -0.2) is 4.79 Å². The highest BCUT2D eigenvalue weighted by atomic mass is 35.5. The van der Waals surface area contributed by atoms with Gasteiger partial charge >= 0.3 is 5.97 Å². The predicted octanol–water partition coefficient (Wildman–Crippen LogP) is 4.33. The second kappa shape index (κ2) is 6.16. The second-order valence-electron chi connectivity index (χ2n) is 4.43. The first-order valence-electron chi connectivity index (χ1n) is 5.96. The van der Waals surface area contributed by atoms with Gasteiger partial charge < -0.3 is 10.0 Å². The standard InChI is InChI=1S/C15H13Cl2NO2/c1-18(9-10-4-2-5-11(16)8-10)13-7-3-6-12(17)14(13)15(19)20/h2-8H,9H2,1H3,(H,19,20). The summed E-state index contributed by atoms with van der Waals surface area (Å²) in [5.41, 5.74) is 1.68. The van der Waals surface area contributed by atoms with E-state index in [1.165, 1.54) is 0 Å². The monoisotopic (exact) mass is 309 g/mol. The number of anilines is 1. The van der Waals surface area contributed by atoms with E-state index in [-0.39, 0.29) is 10.6 Å². The van der Waals surface area contributed by atoms with Crippen LogP contribution in [0.5, 0.6) is 0 Å². The van der Waals surface area contributed by atoms with Crippen molar-refractivity contribution in [3.8, 4) is 0 Å². The smallest absolute Gasteiger partial charge is 0.339 e. The van der Waals surface area contributed by atoms with Gasteiger partial charge in [-0.2, -0.15) is 0 Å². The number of hydrogen-bond donors (Lipinski definition) is 1. The Morgan fingerprint density at radius 1 is 1.20 bits per heavy atom. The van der Waals surface area contributed by atoms with E-state index in [2.05, 4.69) is 0 Å². The maximum Gasteiger partial charge on any atom is 0.339 e. The molecule has 0 aliphatic rings. The van der Waals surface area contributed by atoms with E-state index in [0.717, 1.165) is 5.56 Å². The van der Waals surface area contributed by atoms with Crippen molar-refractivity contribution in [2.45, 2.75) is 6.54 Å². The van der Waals surface area contributed by atoms with Crippen LogP contribution in [-0.4, -0.2) is 18.1 Å². The Kier molecular flexibility index (Phi) is 4.53. The van der Waals surface area contributed by atoms with Crippen LogP contribution in [0, 0.1) is 0 Å². The molecule has 104 valence electrons. The summed E-state index contributed by atoms with van der Waals surface area (Å²) < 4.78 is 0. The van der Waals surface area contributed by atoms with Gasteiger partial charge in [0.2, 0.25) is 0 Å². The predicted molar refractivity (Wildman–Crippen MR) is 82.0 cm³/mol. The molecule has 0 heterocycles.